The van der Waals surface area contributed by atoms with Gasteiger partial charge in [0.2, 0.25) is 0 Å². The smallest absolute Gasteiger partial charge is 0.0615 e. The molecule has 0 aliphatic rings. The monoisotopic (exact) mass is 270 g/mol. The van der Waals surface area contributed by atoms with Crippen LogP contribution in [0.2, 0.25) is 5.02 Å². The second-order valence-corrected chi connectivity index (χ2v) is 5.14. The first-order valence-corrected chi connectivity index (χ1v) is 6.56. The minimum absolute atomic E-state index is 0.160. The van der Waals surface area contributed by atoms with Gasteiger partial charge in [-0.1, -0.05) is 23.7 Å². The third-order valence-electron chi connectivity index (χ3n) is 3.40. The molecular weight excluding hydrogens is 248 g/mol. The topological polar surface area (TPSA) is 38.5 Å². The fourth-order valence-corrected chi connectivity index (χ4v) is 2.21. The van der Waals surface area contributed by atoms with Crippen LogP contribution in [0.25, 0.3) is 0 Å². The van der Waals surface area contributed by atoms with Crippen molar-refractivity contribution in [3.8, 4) is 0 Å². The number of aryl methyl sites for hydroxylation is 1. The fraction of sp³-hybridized carbons (Fsp3) is 0.571. The summed E-state index contributed by atoms with van der Waals surface area (Å²) in [4.78, 5) is 2.23. The van der Waals surface area contributed by atoms with Gasteiger partial charge in [0.1, 0.15) is 0 Å². The van der Waals surface area contributed by atoms with E-state index in [2.05, 4.69) is 24.9 Å². The van der Waals surface area contributed by atoms with Crippen molar-refractivity contribution in [2.45, 2.75) is 25.9 Å². The van der Waals surface area contributed by atoms with E-state index < -0.39 is 0 Å². The van der Waals surface area contributed by atoms with Crippen molar-refractivity contribution in [3.63, 3.8) is 0 Å². The van der Waals surface area contributed by atoms with Gasteiger partial charge in [-0.3, -0.25) is 4.90 Å². The molecule has 0 heterocycles. The van der Waals surface area contributed by atoms with Gasteiger partial charge in [0.15, 0.2) is 0 Å². The lowest BCUT2D eigenvalue weighted by atomic mass is 10.0. The SMILES string of the molecule is COCC(C)N(C)C(CN)c1ccc(C)c(Cl)c1. The van der Waals surface area contributed by atoms with Crippen molar-refractivity contribution in [1.29, 1.82) is 0 Å². The second-order valence-electron chi connectivity index (χ2n) is 4.73. The maximum absolute atomic E-state index is 6.18. The van der Waals surface area contributed by atoms with Crippen LogP contribution in [-0.2, 0) is 4.74 Å². The highest BCUT2D eigenvalue weighted by Crippen LogP contribution is 2.25. The summed E-state index contributed by atoms with van der Waals surface area (Å²) in [6.07, 6.45) is 0. The Balaban J connectivity index is 2.91. The molecule has 1 rings (SSSR count). The van der Waals surface area contributed by atoms with E-state index >= 15 is 0 Å². The Hall–Kier alpha value is -0.610. The van der Waals surface area contributed by atoms with Crippen LogP contribution >= 0.6 is 11.6 Å². The molecule has 1 aromatic carbocycles. The molecule has 2 unspecified atom stereocenters. The zero-order chi connectivity index (χ0) is 13.7. The van der Waals surface area contributed by atoms with Crippen LogP contribution in [0.3, 0.4) is 0 Å². The van der Waals surface area contributed by atoms with Gasteiger partial charge in [-0.15, -0.1) is 0 Å². The van der Waals surface area contributed by atoms with Crippen LogP contribution in [0.1, 0.15) is 24.1 Å². The number of hydrogen-bond acceptors (Lipinski definition) is 3. The van der Waals surface area contributed by atoms with E-state index in [9.17, 15) is 0 Å². The van der Waals surface area contributed by atoms with Crippen LogP contribution in [0, 0.1) is 6.92 Å². The Labute approximate surface area is 115 Å². The molecule has 0 radical (unpaired) electrons. The molecule has 1 aromatic rings. The number of halogens is 1. The van der Waals surface area contributed by atoms with E-state index in [4.69, 9.17) is 22.1 Å². The highest BCUT2D eigenvalue weighted by Gasteiger charge is 2.20. The lowest BCUT2D eigenvalue weighted by Gasteiger charge is -2.32. The molecule has 0 aliphatic carbocycles. The summed E-state index contributed by atoms with van der Waals surface area (Å²) in [6, 6.07) is 6.60. The van der Waals surface area contributed by atoms with Gasteiger partial charge < -0.3 is 10.5 Å². The summed E-state index contributed by atoms with van der Waals surface area (Å²) >= 11 is 6.18. The normalized spacial score (nSPS) is 14.8. The van der Waals surface area contributed by atoms with Crippen LogP contribution in [0.5, 0.6) is 0 Å². The Morgan fingerprint density at radius 2 is 2.11 bits per heavy atom. The fourth-order valence-electron chi connectivity index (χ4n) is 2.02. The molecule has 0 spiro atoms. The number of nitrogens with zero attached hydrogens (tertiary/aromatic N) is 1. The first-order valence-electron chi connectivity index (χ1n) is 6.18. The lowest BCUT2D eigenvalue weighted by Crippen LogP contribution is -2.39. The molecule has 0 fully saturated rings. The van der Waals surface area contributed by atoms with Crippen LogP contribution in [0.15, 0.2) is 18.2 Å². The van der Waals surface area contributed by atoms with Crippen LogP contribution < -0.4 is 5.73 Å². The Morgan fingerprint density at radius 3 is 2.61 bits per heavy atom. The van der Waals surface area contributed by atoms with Crippen molar-refractivity contribution in [1.82, 2.24) is 4.90 Å². The first kappa shape index (κ1) is 15.4. The number of benzene rings is 1. The van der Waals surface area contributed by atoms with Gasteiger partial charge in [-0.25, -0.2) is 0 Å². The van der Waals surface area contributed by atoms with Crippen LogP contribution in [-0.4, -0.2) is 38.3 Å². The molecule has 2 N–H and O–H groups in total. The third-order valence-corrected chi connectivity index (χ3v) is 3.81. The molecular formula is C14H23ClN2O. The lowest BCUT2D eigenvalue weighted by molar-refractivity contribution is 0.0910. The second kappa shape index (κ2) is 7.10. The molecule has 102 valence electrons. The molecule has 18 heavy (non-hydrogen) atoms. The predicted molar refractivity (Wildman–Crippen MR) is 77.1 cm³/mol. The Bertz CT molecular complexity index is 384. The molecule has 0 saturated heterocycles. The molecule has 0 aromatic heterocycles. The van der Waals surface area contributed by atoms with E-state index in [1.54, 1.807) is 7.11 Å². The van der Waals surface area contributed by atoms with E-state index in [-0.39, 0.29) is 6.04 Å². The highest BCUT2D eigenvalue weighted by atomic mass is 35.5. The number of likely N-dealkylation sites (N-methyl/N-ethyl adjacent to an activating group) is 1. The van der Waals surface area contributed by atoms with E-state index in [0.29, 0.717) is 19.2 Å². The summed E-state index contributed by atoms with van der Waals surface area (Å²) in [5.74, 6) is 0. The van der Waals surface area contributed by atoms with E-state index in [1.807, 2.05) is 19.1 Å². The number of ether oxygens (including phenoxy) is 1. The zero-order valence-corrected chi connectivity index (χ0v) is 12.4. The first-order chi connectivity index (χ1) is 8.51. The van der Waals surface area contributed by atoms with Crippen molar-refractivity contribution in [2.75, 3.05) is 27.3 Å². The van der Waals surface area contributed by atoms with Gasteiger partial charge in [-0.05, 0) is 38.1 Å². The highest BCUT2D eigenvalue weighted by molar-refractivity contribution is 6.31. The molecule has 3 nitrogen and oxygen atoms in total. The minimum Gasteiger partial charge on any atom is -0.383 e. The van der Waals surface area contributed by atoms with Gasteiger partial charge in [0.05, 0.1) is 6.61 Å². The summed E-state index contributed by atoms with van der Waals surface area (Å²) in [5.41, 5.74) is 8.14. The number of rotatable bonds is 6. The number of methoxy groups -OCH3 is 1. The molecule has 0 saturated carbocycles. The largest absolute Gasteiger partial charge is 0.383 e. The van der Waals surface area contributed by atoms with E-state index in [1.165, 1.54) is 0 Å². The van der Waals surface area contributed by atoms with Crippen molar-refractivity contribution < 1.29 is 4.74 Å². The van der Waals surface area contributed by atoms with Gasteiger partial charge in [0.25, 0.3) is 0 Å². The molecule has 0 bridgehead atoms. The average Bonchev–Trinajstić information content (AvgIpc) is 2.34. The van der Waals surface area contributed by atoms with Crippen LogP contribution in [0.4, 0.5) is 0 Å². The van der Waals surface area contributed by atoms with Gasteiger partial charge >= 0.3 is 0 Å². The van der Waals surface area contributed by atoms with Crippen molar-refractivity contribution in [2.24, 2.45) is 5.73 Å². The van der Waals surface area contributed by atoms with Gasteiger partial charge in [0, 0.05) is 30.8 Å². The van der Waals surface area contributed by atoms with Crippen molar-refractivity contribution in [3.05, 3.63) is 34.3 Å². The predicted octanol–water partition coefficient (Wildman–Crippen LogP) is 2.61. The summed E-state index contributed by atoms with van der Waals surface area (Å²) in [5, 5.41) is 0.791. The minimum atomic E-state index is 0.160. The Morgan fingerprint density at radius 1 is 1.44 bits per heavy atom. The number of nitrogens with two attached hydrogens (primary N) is 1. The maximum Gasteiger partial charge on any atom is 0.0615 e. The Kier molecular flexibility index (Phi) is 6.09. The molecule has 0 aliphatic heterocycles. The summed E-state index contributed by atoms with van der Waals surface area (Å²) in [7, 11) is 3.78. The van der Waals surface area contributed by atoms with Gasteiger partial charge in [-0.2, -0.15) is 0 Å². The summed E-state index contributed by atoms with van der Waals surface area (Å²) < 4.78 is 5.19. The summed E-state index contributed by atoms with van der Waals surface area (Å²) in [6.45, 7) is 5.37. The van der Waals surface area contributed by atoms with E-state index in [0.717, 1.165) is 16.1 Å². The third kappa shape index (κ3) is 3.69. The average molecular weight is 271 g/mol. The molecule has 4 heteroatoms. The molecule has 2 atom stereocenters. The molecule has 0 amide bonds. The van der Waals surface area contributed by atoms with Crippen molar-refractivity contribution >= 4 is 11.6 Å². The quantitative estimate of drug-likeness (QED) is 0.864. The standard InChI is InChI=1S/C14H23ClN2O/c1-10-5-6-12(7-13(10)15)14(8-16)17(3)11(2)9-18-4/h5-7,11,14H,8-9,16H2,1-4H3. The number of hydrogen-bond donors (Lipinski definition) is 1. The zero-order valence-electron chi connectivity index (χ0n) is 11.6. The maximum atomic E-state index is 6.18.